The number of rotatable bonds is 5. The Bertz CT molecular complexity index is 462. The molecule has 1 aromatic carbocycles. The number of hydrogen-bond acceptors (Lipinski definition) is 4. The van der Waals surface area contributed by atoms with Gasteiger partial charge in [0.2, 0.25) is 0 Å². The summed E-state index contributed by atoms with van der Waals surface area (Å²) in [5, 5.41) is 23.8. The minimum Gasteiger partial charge on any atom is -0.393 e. The van der Waals surface area contributed by atoms with Crippen LogP contribution in [0.1, 0.15) is 30.4 Å². The van der Waals surface area contributed by atoms with Crippen molar-refractivity contribution in [2.24, 2.45) is 5.92 Å². The highest BCUT2D eigenvalue weighted by molar-refractivity contribution is 5.42. The molecule has 2 atom stereocenters. The smallest absolute Gasteiger partial charge is 0.272 e. The molecule has 1 fully saturated rings. The normalized spacial score (nSPS) is 22.6. The zero-order valence-electron chi connectivity index (χ0n) is 11.1. The Morgan fingerprint density at radius 1 is 1.47 bits per heavy atom. The van der Waals surface area contributed by atoms with Crippen molar-refractivity contribution in [3.8, 4) is 0 Å². The lowest BCUT2D eigenvalue weighted by Gasteiger charge is -2.15. The molecule has 0 spiro atoms. The molecule has 0 radical (unpaired) electrons. The summed E-state index contributed by atoms with van der Waals surface area (Å²) in [4.78, 5) is 10.5. The summed E-state index contributed by atoms with van der Waals surface area (Å²) in [7, 11) is 0. The van der Waals surface area contributed by atoms with Crippen LogP contribution in [0, 0.1) is 23.0 Å². The number of nitrogens with zero attached hydrogens (tertiary/aromatic N) is 1. The van der Waals surface area contributed by atoms with E-state index in [0.717, 1.165) is 31.4 Å². The van der Waals surface area contributed by atoms with Crippen molar-refractivity contribution in [2.45, 2.75) is 38.8 Å². The molecule has 2 rings (SSSR count). The largest absolute Gasteiger partial charge is 0.393 e. The minimum absolute atomic E-state index is 0.167. The molecule has 1 saturated carbocycles. The van der Waals surface area contributed by atoms with Crippen molar-refractivity contribution in [1.82, 2.24) is 5.32 Å². The number of nitro groups is 1. The molecule has 0 aliphatic heterocycles. The van der Waals surface area contributed by atoms with E-state index in [9.17, 15) is 15.2 Å². The maximum absolute atomic E-state index is 10.9. The average molecular weight is 264 g/mol. The summed E-state index contributed by atoms with van der Waals surface area (Å²) in [6.07, 6.45) is 2.84. The number of hydrogen-bond donors (Lipinski definition) is 2. The topological polar surface area (TPSA) is 75.4 Å². The van der Waals surface area contributed by atoms with Gasteiger partial charge in [-0.15, -0.1) is 0 Å². The number of nitro benzene ring substituents is 1. The molecule has 1 aliphatic rings. The van der Waals surface area contributed by atoms with Crippen LogP contribution in [0.25, 0.3) is 0 Å². The van der Waals surface area contributed by atoms with Crippen molar-refractivity contribution in [3.63, 3.8) is 0 Å². The van der Waals surface area contributed by atoms with Crippen molar-refractivity contribution < 1.29 is 10.0 Å². The van der Waals surface area contributed by atoms with E-state index in [0.29, 0.717) is 18.0 Å². The monoisotopic (exact) mass is 264 g/mol. The fourth-order valence-corrected chi connectivity index (χ4v) is 2.62. The Morgan fingerprint density at radius 2 is 2.26 bits per heavy atom. The van der Waals surface area contributed by atoms with E-state index in [2.05, 4.69) is 5.32 Å². The highest BCUT2D eigenvalue weighted by atomic mass is 16.6. The highest BCUT2D eigenvalue weighted by Crippen LogP contribution is 2.25. The van der Waals surface area contributed by atoms with Gasteiger partial charge in [0.15, 0.2) is 0 Å². The molecule has 5 heteroatoms. The van der Waals surface area contributed by atoms with Crippen LogP contribution in [0.2, 0.25) is 0 Å². The second-order valence-corrected chi connectivity index (χ2v) is 5.27. The molecule has 104 valence electrons. The maximum atomic E-state index is 10.9. The van der Waals surface area contributed by atoms with Gasteiger partial charge >= 0.3 is 0 Å². The average Bonchev–Trinajstić information content (AvgIpc) is 2.77. The van der Waals surface area contributed by atoms with Crippen molar-refractivity contribution in [2.75, 3.05) is 6.54 Å². The first-order valence-electron chi connectivity index (χ1n) is 6.70. The lowest BCUT2D eigenvalue weighted by atomic mass is 10.1. The Kier molecular flexibility index (Phi) is 4.50. The zero-order chi connectivity index (χ0) is 13.8. The lowest BCUT2D eigenvalue weighted by molar-refractivity contribution is -0.385. The number of nitrogens with one attached hydrogen (secondary N) is 1. The fourth-order valence-electron chi connectivity index (χ4n) is 2.62. The molecule has 0 amide bonds. The Hall–Kier alpha value is -1.46. The molecule has 0 bridgehead atoms. The van der Waals surface area contributed by atoms with E-state index in [1.54, 1.807) is 19.1 Å². The summed E-state index contributed by atoms with van der Waals surface area (Å²) in [6, 6.07) is 5.30. The second-order valence-electron chi connectivity index (χ2n) is 5.27. The Morgan fingerprint density at radius 3 is 2.89 bits per heavy atom. The molecular formula is C14H20N2O3. The fraction of sp³-hybridized carbons (Fsp3) is 0.571. The molecule has 0 heterocycles. The van der Waals surface area contributed by atoms with Gasteiger partial charge in [0.05, 0.1) is 11.0 Å². The highest BCUT2D eigenvalue weighted by Gasteiger charge is 2.24. The second kappa shape index (κ2) is 6.12. The van der Waals surface area contributed by atoms with Crippen molar-refractivity contribution >= 4 is 5.69 Å². The van der Waals surface area contributed by atoms with E-state index in [1.807, 2.05) is 6.07 Å². The Balaban J connectivity index is 1.89. The quantitative estimate of drug-likeness (QED) is 0.631. The minimum atomic E-state index is -0.348. The van der Waals surface area contributed by atoms with Gasteiger partial charge in [-0.25, -0.2) is 0 Å². The molecule has 19 heavy (non-hydrogen) atoms. The first-order valence-corrected chi connectivity index (χ1v) is 6.70. The SMILES string of the molecule is Cc1ccc(CNCC2CCCC2O)cc1[N+](=O)[O-]. The number of aliphatic hydroxyl groups is 1. The third kappa shape index (κ3) is 3.52. The molecule has 5 nitrogen and oxygen atoms in total. The first-order chi connectivity index (χ1) is 9.08. The standard InChI is InChI=1S/C14H20N2O3/c1-10-5-6-11(7-13(10)16(18)19)8-15-9-12-3-2-4-14(12)17/h5-7,12,14-15,17H,2-4,8-9H2,1H3. The lowest BCUT2D eigenvalue weighted by Crippen LogP contribution is -2.27. The number of aryl methyl sites for hydroxylation is 1. The zero-order valence-corrected chi connectivity index (χ0v) is 11.1. The summed E-state index contributed by atoms with van der Waals surface area (Å²) in [5.41, 5.74) is 1.75. The van der Waals surface area contributed by atoms with E-state index in [4.69, 9.17) is 0 Å². The van der Waals surface area contributed by atoms with Gasteiger partial charge in [-0.1, -0.05) is 18.6 Å². The van der Waals surface area contributed by atoms with E-state index >= 15 is 0 Å². The molecule has 2 N–H and O–H groups in total. The third-order valence-electron chi connectivity index (χ3n) is 3.82. The van der Waals surface area contributed by atoms with Gasteiger partial charge < -0.3 is 10.4 Å². The Labute approximate surface area is 112 Å². The van der Waals surface area contributed by atoms with Crippen LogP contribution in [0.15, 0.2) is 18.2 Å². The van der Waals surface area contributed by atoms with Crippen molar-refractivity contribution in [1.29, 1.82) is 0 Å². The maximum Gasteiger partial charge on any atom is 0.272 e. The van der Waals surface area contributed by atoms with Gasteiger partial charge in [-0.2, -0.15) is 0 Å². The summed E-state index contributed by atoms with van der Waals surface area (Å²) in [6.45, 7) is 3.11. The molecule has 2 unspecified atom stereocenters. The summed E-state index contributed by atoms with van der Waals surface area (Å²) < 4.78 is 0. The number of aliphatic hydroxyl groups excluding tert-OH is 1. The van der Waals surface area contributed by atoms with Crippen LogP contribution in [-0.2, 0) is 6.54 Å². The van der Waals surface area contributed by atoms with Crippen LogP contribution in [-0.4, -0.2) is 22.7 Å². The number of benzene rings is 1. The molecular weight excluding hydrogens is 244 g/mol. The van der Waals surface area contributed by atoms with E-state index in [1.165, 1.54) is 0 Å². The molecule has 1 aromatic rings. The summed E-state index contributed by atoms with van der Waals surface area (Å²) >= 11 is 0. The first kappa shape index (κ1) is 14.0. The third-order valence-corrected chi connectivity index (χ3v) is 3.82. The van der Waals surface area contributed by atoms with Crippen LogP contribution >= 0.6 is 0 Å². The van der Waals surface area contributed by atoms with Crippen LogP contribution in [0.5, 0.6) is 0 Å². The van der Waals surface area contributed by atoms with E-state index in [-0.39, 0.29) is 16.7 Å². The van der Waals surface area contributed by atoms with Crippen LogP contribution in [0.3, 0.4) is 0 Å². The predicted molar refractivity (Wildman–Crippen MR) is 72.9 cm³/mol. The summed E-state index contributed by atoms with van der Waals surface area (Å²) in [5.74, 6) is 0.320. The predicted octanol–water partition coefficient (Wildman–Crippen LogP) is 2.15. The molecule has 0 aromatic heterocycles. The van der Waals surface area contributed by atoms with Gasteiger partial charge in [0, 0.05) is 24.7 Å². The molecule has 1 aliphatic carbocycles. The van der Waals surface area contributed by atoms with Gasteiger partial charge in [-0.3, -0.25) is 10.1 Å². The van der Waals surface area contributed by atoms with Crippen LogP contribution < -0.4 is 5.32 Å². The van der Waals surface area contributed by atoms with Crippen LogP contribution in [0.4, 0.5) is 5.69 Å². The molecule has 0 saturated heterocycles. The van der Waals surface area contributed by atoms with E-state index < -0.39 is 0 Å². The van der Waals surface area contributed by atoms with Gasteiger partial charge in [-0.05, 0) is 31.2 Å². The van der Waals surface area contributed by atoms with Crippen molar-refractivity contribution in [3.05, 3.63) is 39.4 Å². The van der Waals surface area contributed by atoms with Gasteiger partial charge in [0.25, 0.3) is 5.69 Å². The van der Waals surface area contributed by atoms with Gasteiger partial charge in [0.1, 0.15) is 0 Å².